The normalized spacial score (nSPS) is 21.2. The van der Waals surface area contributed by atoms with Crippen molar-refractivity contribution in [2.75, 3.05) is 72.6 Å². The van der Waals surface area contributed by atoms with Crippen LogP contribution in [-0.2, 0) is 54.0 Å². The van der Waals surface area contributed by atoms with Crippen molar-refractivity contribution in [2.24, 2.45) is 0 Å². The molecule has 0 aromatic heterocycles. The molecule has 40 heteroatoms. The molecule has 0 saturated carbocycles. The minimum absolute atomic E-state index is 0. The zero-order chi connectivity index (χ0) is 67.0. The number of nitrogens with zero attached hydrogens (tertiary/aromatic N) is 7. The number of carboxylic acid groups (broad SMARTS) is 3. The molecule has 0 aliphatic carbocycles. The molecule has 2 aliphatic rings. The summed E-state index contributed by atoms with van der Waals surface area (Å²) in [5.41, 5.74) is -4.30. The molecule has 1 amide bonds. The average Bonchev–Trinajstić information content (AvgIpc) is 1.55. The van der Waals surface area contributed by atoms with Gasteiger partial charge in [0.2, 0.25) is 5.91 Å². The highest BCUT2D eigenvalue weighted by atomic mass is 16.7. The third-order valence-electron chi connectivity index (χ3n) is 11.9. The number of non-ortho nitro benzene ring substituents is 2. The number of aliphatic hydroxyl groups is 6. The molecule has 11 N–H and O–H groups in total. The van der Waals surface area contributed by atoms with Crippen molar-refractivity contribution in [1.29, 1.82) is 0 Å². The Bertz CT molecular complexity index is 2510. The average molecular weight is 1280 g/mol. The van der Waals surface area contributed by atoms with E-state index in [9.17, 15) is 111 Å². The molecule has 0 spiro atoms. The second-order valence-corrected chi connectivity index (χ2v) is 18.1. The van der Waals surface area contributed by atoms with Gasteiger partial charge in [0.05, 0.1) is 80.1 Å². The summed E-state index contributed by atoms with van der Waals surface area (Å²) in [5.74, 6) is -4.04. The topological polar surface area (TPSA) is 592 Å². The summed E-state index contributed by atoms with van der Waals surface area (Å²) in [5, 5.41) is 155. The second kappa shape index (κ2) is 42.0. The van der Waals surface area contributed by atoms with Crippen molar-refractivity contribution in [2.45, 2.75) is 141 Å². The molecule has 0 radical (unpaired) electrons. The Labute approximate surface area is 500 Å². The van der Waals surface area contributed by atoms with Crippen molar-refractivity contribution < 1.29 is 123 Å². The minimum atomic E-state index is -1.56. The van der Waals surface area contributed by atoms with Gasteiger partial charge in [0.15, 0.2) is 18.3 Å². The van der Waals surface area contributed by atoms with Crippen LogP contribution in [0.5, 0.6) is 0 Å². The van der Waals surface area contributed by atoms with Crippen LogP contribution in [0.3, 0.4) is 0 Å². The summed E-state index contributed by atoms with van der Waals surface area (Å²) in [6.07, 6.45) is -10.7. The number of methoxy groups -OCH3 is 3. The number of ether oxygens (including phenoxy) is 6. The standard InChI is InChI=1S/C14H26O11.C12H20N2O7.C9H10N4O6.C9H9N3O6.C3H8O.CH4/c1-21-11-5(3-15)24-14(10(20)7(11)17)25-12-6(4-16)23-13(22-2)9(19)8(12)18;1-8(15)13-5-3-2-4-9(12(20)21)14(6-10(16)17)7-11(18)19;1-2-3-10-9-7(12(16)17)4-6(11(14)15)5-8(9)13(18)19;1-2-3-7-8(11(15)16)4-6(10(13)14)5-9(7)12(17)18;1-3-4-2;/h5-20H,3-4H2,1-2H3;9H,2-7H2,1H3,(H,13,15)(H,16,17)(H,18,19)(H,20,21);4-5,10H,2-3H2,1H3;4-5H,2-3H2,1H3;3H2,1-2H3;1H4. The van der Waals surface area contributed by atoms with Gasteiger partial charge in [0, 0.05) is 47.9 Å². The van der Waals surface area contributed by atoms with E-state index in [1.807, 2.05) is 6.92 Å². The van der Waals surface area contributed by atoms with Crippen LogP contribution in [0.1, 0.15) is 72.8 Å². The highest BCUT2D eigenvalue weighted by Gasteiger charge is 2.51. The molecule has 11 unspecified atom stereocenters. The lowest BCUT2D eigenvalue weighted by atomic mass is 9.97. The molecule has 2 aromatic carbocycles. The Balaban J connectivity index is 0. The molecule has 11 atom stereocenters. The molecular weight excluding hydrogens is 1200 g/mol. The number of hydrogen-bond acceptors (Lipinski definition) is 30. The summed E-state index contributed by atoms with van der Waals surface area (Å²) in [7, 11) is 4.23. The third kappa shape index (κ3) is 26.5. The summed E-state index contributed by atoms with van der Waals surface area (Å²) in [6.45, 7) is 5.89. The number of amides is 1. The summed E-state index contributed by atoms with van der Waals surface area (Å²) >= 11 is 0. The molecule has 4 rings (SSSR count). The fraction of sp³-hybridized carbons (Fsp3) is 0.667. The zero-order valence-corrected chi connectivity index (χ0v) is 48.0. The molecule has 2 saturated heterocycles. The minimum Gasteiger partial charge on any atom is -0.480 e. The molecule has 2 aliphatic heterocycles. The molecule has 88 heavy (non-hydrogen) atoms. The zero-order valence-electron chi connectivity index (χ0n) is 48.0. The number of nitro benzene ring substituents is 6. The van der Waals surface area contributed by atoms with Crippen LogP contribution >= 0.6 is 0 Å². The van der Waals surface area contributed by atoms with Gasteiger partial charge in [-0.1, -0.05) is 27.7 Å². The van der Waals surface area contributed by atoms with Gasteiger partial charge in [0.1, 0.15) is 60.4 Å². The number of benzene rings is 2. The maximum absolute atomic E-state index is 11.2. The highest BCUT2D eigenvalue weighted by molar-refractivity contribution is 5.78. The first-order valence-electron chi connectivity index (χ1n) is 25.9. The fourth-order valence-corrected chi connectivity index (χ4v) is 7.83. The Hall–Kier alpha value is -8.00. The Morgan fingerprint density at radius 2 is 1.03 bits per heavy atom. The fourth-order valence-electron chi connectivity index (χ4n) is 7.83. The smallest absolute Gasteiger partial charge is 0.320 e. The monoisotopic (exact) mass is 1280 g/mol. The summed E-state index contributed by atoms with van der Waals surface area (Å²) in [4.78, 5) is 103. The van der Waals surface area contributed by atoms with E-state index < -0.39 is 175 Å². The summed E-state index contributed by atoms with van der Waals surface area (Å²) < 4.78 is 30.6. The number of nitrogens with one attached hydrogen (secondary N) is 2. The lowest BCUT2D eigenvalue weighted by Gasteiger charge is -2.46. The number of carbonyl (C=O) groups excluding carboxylic acids is 1. The number of aliphatic hydroxyl groups excluding tert-OH is 6. The van der Waals surface area contributed by atoms with E-state index in [0.717, 1.165) is 23.6 Å². The number of aliphatic carboxylic acids is 3. The van der Waals surface area contributed by atoms with Gasteiger partial charge in [-0.25, -0.2) is 0 Å². The van der Waals surface area contributed by atoms with Crippen LogP contribution in [0.25, 0.3) is 0 Å². The largest absolute Gasteiger partial charge is 0.480 e. The van der Waals surface area contributed by atoms with Gasteiger partial charge >= 0.3 is 29.3 Å². The van der Waals surface area contributed by atoms with Gasteiger partial charge in [0.25, 0.3) is 22.7 Å². The van der Waals surface area contributed by atoms with Gasteiger partial charge in [-0.15, -0.1) is 0 Å². The lowest BCUT2D eigenvalue weighted by Crippen LogP contribution is -2.64. The number of rotatable bonds is 29. The van der Waals surface area contributed by atoms with Crippen molar-refractivity contribution in [3.8, 4) is 0 Å². The van der Waals surface area contributed by atoms with Crippen molar-refractivity contribution >= 4 is 63.6 Å². The third-order valence-corrected chi connectivity index (χ3v) is 11.9. The molecular formula is C48H77N9O31. The van der Waals surface area contributed by atoms with Crippen LogP contribution in [0.4, 0.5) is 39.8 Å². The van der Waals surface area contributed by atoms with Crippen molar-refractivity contribution in [3.05, 3.63) is 90.5 Å². The van der Waals surface area contributed by atoms with E-state index in [0.29, 0.717) is 44.4 Å². The van der Waals surface area contributed by atoms with E-state index in [2.05, 4.69) is 15.4 Å². The predicted molar refractivity (Wildman–Crippen MR) is 299 cm³/mol. The quantitative estimate of drug-likeness (QED) is 0.0308. The van der Waals surface area contributed by atoms with E-state index in [1.54, 1.807) is 21.0 Å². The SMILES string of the molecule is C.CC(=O)NCCCCC(C(=O)O)N(CC(=O)O)CC(=O)O.CCCNc1c([N+](=O)[O-])cc([N+](=O)[O-])cc1[N+](=O)[O-].CCCc1c([N+](=O)[O-])cc([N+](=O)[O-])cc1[N+](=O)[O-].CCOC.COC1OC(CO)C(OC2OC(CO)C(OC)C(O)C2O)C(O)C1O. The van der Waals surface area contributed by atoms with Gasteiger partial charge < -0.3 is 85.0 Å². The molecule has 2 aromatic rings. The van der Waals surface area contributed by atoms with E-state index >= 15 is 0 Å². The molecule has 40 nitrogen and oxygen atoms in total. The molecule has 0 bridgehead atoms. The van der Waals surface area contributed by atoms with E-state index in [-0.39, 0.29) is 44.0 Å². The first-order valence-corrected chi connectivity index (χ1v) is 25.9. The Morgan fingerprint density at radius 1 is 0.614 bits per heavy atom. The number of unbranched alkanes of at least 4 members (excludes halogenated alkanes) is 1. The number of anilines is 1. The lowest BCUT2D eigenvalue weighted by molar-refractivity contribution is -0.404. The van der Waals surface area contributed by atoms with Crippen LogP contribution in [-0.4, -0.2) is 239 Å². The van der Waals surface area contributed by atoms with E-state index in [4.69, 9.17) is 39.0 Å². The Morgan fingerprint density at radius 3 is 1.39 bits per heavy atom. The van der Waals surface area contributed by atoms with Crippen LogP contribution in [0.15, 0.2) is 24.3 Å². The number of hydrogen-bond donors (Lipinski definition) is 11. The highest BCUT2D eigenvalue weighted by Crippen LogP contribution is 2.39. The van der Waals surface area contributed by atoms with Crippen LogP contribution in [0, 0.1) is 60.7 Å². The van der Waals surface area contributed by atoms with Crippen LogP contribution in [0.2, 0.25) is 0 Å². The maximum Gasteiger partial charge on any atom is 0.320 e. The predicted octanol–water partition coefficient (Wildman–Crippen LogP) is 1.01. The first kappa shape index (κ1) is 82.1. The van der Waals surface area contributed by atoms with Gasteiger partial charge in [-0.05, 0) is 39.0 Å². The number of nitro groups is 6. The number of carbonyl (C=O) groups is 4. The van der Waals surface area contributed by atoms with Crippen molar-refractivity contribution in [1.82, 2.24) is 10.2 Å². The van der Waals surface area contributed by atoms with Crippen molar-refractivity contribution in [3.63, 3.8) is 0 Å². The maximum atomic E-state index is 11.2. The first-order chi connectivity index (χ1) is 40.8. The Kier molecular flexibility index (Phi) is 39.1. The molecule has 2 fully saturated rings. The molecule has 500 valence electrons. The van der Waals surface area contributed by atoms with E-state index in [1.165, 1.54) is 21.1 Å². The van der Waals surface area contributed by atoms with Gasteiger partial charge in [-0.2, -0.15) is 0 Å². The molecule has 2 heterocycles. The van der Waals surface area contributed by atoms with Gasteiger partial charge in [-0.3, -0.25) is 84.8 Å². The van der Waals surface area contributed by atoms with Crippen LogP contribution < -0.4 is 10.6 Å². The number of carboxylic acids is 3. The second-order valence-electron chi connectivity index (χ2n) is 18.1. The summed E-state index contributed by atoms with van der Waals surface area (Å²) in [6, 6.07) is 1.71.